The molecule has 1 fully saturated rings. The van der Waals surface area contributed by atoms with Gasteiger partial charge in [-0.1, -0.05) is 11.6 Å². The summed E-state index contributed by atoms with van der Waals surface area (Å²) in [6.07, 6.45) is 5.67. The number of pyridine rings is 1. The first kappa shape index (κ1) is 10.9. The second kappa shape index (κ2) is 4.92. The average Bonchev–Trinajstić information content (AvgIpc) is 2.30. The van der Waals surface area contributed by atoms with E-state index >= 15 is 0 Å². The number of hydrogen-bond acceptors (Lipinski definition) is 3. The number of aromatic nitrogens is 1. The first-order valence-corrected chi connectivity index (χ1v) is 5.72. The van der Waals surface area contributed by atoms with Crippen LogP contribution in [0.3, 0.4) is 0 Å². The van der Waals surface area contributed by atoms with Crippen LogP contribution < -0.4 is 11.1 Å². The van der Waals surface area contributed by atoms with Gasteiger partial charge in [0.25, 0.3) is 0 Å². The van der Waals surface area contributed by atoms with Crippen molar-refractivity contribution in [1.29, 1.82) is 0 Å². The van der Waals surface area contributed by atoms with E-state index in [4.69, 9.17) is 17.3 Å². The zero-order chi connectivity index (χ0) is 10.7. The molecule has 15 heavy (non-hydrogen) atoms. The van der Waals surface area contributed by atoms with E-state index in [1.165, 1.54) is 0 Å². The molecule has 3 N–H and O–H groups in total. The van der Waals surface area contributed by atoms with Gasteiger partial charge in [0.1, 0.15) is 0 Å². The predicted molar refractivity (Wildman–Crippen MR) is 61.8 cm³/mol. The van der Waals surface area contributed by atoms with Crippen molar-refractivity contribution >= 4 is 11.6 Å². The second-order valence-electron chi connectivity index (χ2n) is 4.01. The molecule has 1 atom stereocenters. The summed E-state index contributed by atoms with van der Waals surface area (Å²) >= 11 is 6.08. The van der Waals surface area contributed by atoms with Crippen LogP contribution in [0.4, 0.5) is 0 Å². The largest absolute Gasteiger partial charge is 0.324 e. The molecule has 2 heterocycles. The maximum Gasteiger partial charge on any atom is 0.0637 e. The Morgan fingerprint density at radius 3 is 2.87 bits per heavy atom. The lowest BCUT2D eigenvalue weighted by molar-refractivity contribution is 0.322. The van der Waals surface area contributed by atoms with Crippen LogP contribution in [0.1, 0.15) is 24.4 Å². The van der Waals surface area contributed by atoms with Gasteiger partial charge in [0.2, 0.25) is 0 Å². The third-order valence-corrected chi connectivity index (χ3v) is 3.37. The molecule has 0 saturated carbocycles. The Balaban J connectivity index is 2.12. The molecule has 0 amide bonds. The molecule has 0 radical (unpaired) electrons. The highest BCUT2D eigenvalue weighted by molar-refractivity contribution is 6.31. The maximum atomic E-state index is 6.23. The van der Waals surface area contributed by atoms with E-state index in [-0.39, 0.29) is 6.04 Å². The van der Waals surface area contributed by atoms with Crippen molar-refractivity contribution in [2.75, 3.05) is 13.1 Å². The van der Waals surface area contributed by atoms with Gasteiger partial charge in [0.05, 0.1) is 5.02 Å². The number of nitrogens with two attached hydrogens (primary N) is 1. The van der Waals surface area contributed by atoms with Gasteiger partial charge in [0.15, 0.2) is 0 Å². The van der Waals surface area contributed by atoms with E-state index in [9.17, 15) is 0 Å². The van der Waals surface area contributed by atoms with Crippen LogP contribution in [0.2, 0.25) is 5.02 Å². The molecule has 1 aliphatic rings. The minimum absolute atomic E-state index is 0.0441. The molecule has 0 aromatic carbocycles. The fourth-order valence-electron chi connectivity index (χ4n) is 2.11. The molecule has 1 aliphatic heterocycles. The van der Waals surface area contributed by atoms with Crippen molar-refractivity contribution in [3.8, 4) is 0 Å². The summed E-state index contributed by atoms with van der Waals surface area (Å²) < 4.78 is 0. The van der Waals surface area contributed by atoms with Crippen LogP contribution in [0.25, 0.3) is 0 Å². The lowest BCUT2D eigenvalue weighted by atomic mass is 9.87. The molecule has 0 aliphatic carbocycles. The number of piperidine rings is 1. The number of halogens is 1. The topological polar surface area (TPSA) is 50.9 Å². The van der Waals surface area contributed by atoms with Crippen molar-refractivity contribution in [3.05, 3.63) is 29.0 Å². The zero-order valence-electron chi connectivity index (χ0n) is 8.62. The molecule has 0 spiro atoms. The summed E-state index contributed by atoms with van der Waals surface area (Å²) in [5.41, 5.74) is 7.26. The first-order valence-electron chi connectivity index (χ1n) is 5.35. The Morgan fingerprint density at radius 2 is 2.20 bits per heavy atom. The summed E-state index contributed by atoms with van der Waals surface area (Å²) in [6, 6.07) is 1.97. The van der Waals surface area contributed by atoms with Crippen LogP contribution in [-0.4, -0.2) is 18.1 Å². The molecule has 1 saturated heterocycles. The van der Waals surface area contributed by atoms with E-state index in [2.05, 4.69) is 10.3 Å². The molecule has 1 aromatic heterocycles. The van der Waals surface area contributed by atoms with Crippen LogP contribution in [0.15, 0.2) is 18.5 Å². The molecule has 1 aromatic rings. The predicted octanol–water partition coefficient (Wildman–Crippen LogP) is 1.73. The van der Waals surface area contributed by atoms with E-state index in [0.29, 0.717) is 10.9 Å². The lowest BCUT2D eigenvalue weighted by Gasteiger charge is -2.28. The summed E-state index contributed by atoms with van der Waals surface area (Å²) in [7, 11) is 0. The summed E-state index contributed by atoms with van der Waals surface area (Å²) in [5, 5.41) is 4.02. The number of hydrogen-bond donors (Lipinski definition) is 2. The minimum Gasteiger partial charge on any atom is -0.324 e. The second-order valence-corrected chi connectivity index (χ2v) is 4.42. The Bertz CT molecular complexity index is 323. The van der Waals surface area contributed by atoms with Crippen molar-refractivity contribution in [2.24, 2.45) is 11.7 Å². The van der Waals surface area contributed by atoms with Crippen LogP contribution in [0.5, 0.6) is 0 Å². The molecule has 4 heteroatoms. The number of rotatable bonds is 2. The van der Waals surface area contributed by atoms with Crippen molar-refractivity contribution in [2.45, 2.75) is 18.9 Å². The summed E-state index contributed by atoms with van der Waals surface area (Å²) in [4.78, 5) is 3.97. The van der Waals surface area contributed by atoms with Crippen molar-refractivity contribution in [3.63, 3.8) is 0 Å². The molecule has 3 nitrogen and oxygen atoms in total. The number of nitrogens with one attached hydrogen (secondary N) is 1. The van der Waals surface area contributed by atoms with Crippen LogP contribution in [0, 0.1) is 5.92 Å². The molecule has 0 unspecified atom stereocenters. The van der Waals surface area contributed by atoms with Crippen LogP contribution in [-0.2, 0) is 0 Å². The van der Waals surface area contributed by atoms with E-state index in [1.807, 2.05) is 6.07 Å². The average molecular weight is 226 g/mol. The third-order valence-electron chi connectivity index (χ3n) is 3.05. The molecule has 82 valence electrons. The minimum atomic E-state index is 0.0441. The highest BCUT2D eigenvalue weighted by Gasteiger charge is 2.22. The van der Waals surface area contributed by atoms with E-state index < -0.39 is 0 Å². The Hall–Kier alpha value is -0.640. The SMILES string of the molecule is N[C@@H](c1ccncc1Cl)C1CCNCC1. The number of nitrogens with zero attached hydrogens (tertiary/aromatic N) is 1. The van der Waals surface area contributed by atoms with Crippen molar-refractivity contribution < 1.29 is 0 Å². The standard InChI is InChI=1S/C11H16ClN3/c12-10-7-15-6-3-9(10)11(13)8-1-4-14-5-2-8/h3,6-8,11,14H,1-2,4-5,13H2/t11-/m1/s1. The highest BCUT2D eigenvalue weighted by Crippen LogP contribution is 2.30. The normalized spacial score (nSPS) is 20.1. The van der Waals surface area contributed by atoms with Crippen LogP contribution >= 0.6 is 11.6 Å². The van der Waals surface area contributed by atoms with Gasteiger partial charge in [-0.2, -0.15) is 0 Å². The van der Waals surface area contributed by atoms with Crippen molar-refractivity contribution in [1.82, 2.24) is 10.3 Å². The summed E-state index contributed by atoms with van der Waals surface area (Å²) in [5.74, 6) is 0.533. The fourth-order valence-corrected chi connectivity index (χ4v) is 2.36. The zero-order valence-corrected chi connectivity index (χ0v) is 9.37. The molecular formula is C11H16ClN3. The smallest absolute Gasteiger partial charge is 0.0637 e. The van der Waals surface area contributed by atoms with Gasteiger partial charge in [-0.05, 0) is 43.5 Å². The van der Waals surface area contributed by atoms with Gasteiger partial charge in [-0.3, -0.25) is 4.98 Å². The van der Waals surface area contributed by atoms with Gasteiger partial charge >= 0.3 is 0 Å². The Morgan fingerprint density at radius 1 is 1.47 bits per heavy atom. The molecule has 2 rings (SSSR count). The first-order chi connectivity index (χ1) is 7.29. The van der Waals surface area contributed by atoms with Gasteiger partial charge in [0, 0.05) is 18.4 Å². The van der Waals surface area contributed by atoms with Gasteiger partial charge in [-0.25, -0.2) is 0 Å². The fraction of sp³-hybridized carbons (Fsp3) is 0.545. The van der Waals surface area contributed by atoms with Gasteiger partial charge in [-0.15, -0.1) is 0 Å². The third kappa shape index (κ3) is 2.48. The van der Waals surface area contributed by atoms with Gasteiger partial charge < -0.3 is 11.1 Å². The maximum absolute atomic E-state index is 6.23. The highest BCUT2D eigenvalue weighted by atomic mass is 35.5. The van der Waals surface area contributed by atoms with E-state index in [1.54, 1.807) is 12.4 Å². The Kier molecular flexibility index (Phi) is 3.57. The molecular weight excluding hydrogens is 210 g/mol. The Labute approximate surface area is 95.0 Å². The lowest BCUT2D eigenvalue weighted by Crippen LogP contribution is -2.33. The molecule has 0 bridgehead atoms. The quantitative estimate of drug-likeness (QED) is 0.806. The van der Waals surface area contributed by atoms with E-state index in [0.717, 1.165) is 31.5 Å². The summed E-state index contributed by atoms with van der Waals surface area (Å²) in [6.45, 7) is 2.11. The monoisotopic (exact) mass is 225 g/mol.